The summed E-state index contributed by atoms with van der Waals surface area (Å²) in [5.74, 6) is -1.35. The summed E-state index contributed by atoms with van der Waals surface area (Å²) in [6.07, 6.45) is 1.43. The maximum Gasteiger partial charge on any atom is 0.272 e. The molecule has 3 amide bonds. The summed E-state index contributed by atoms with van der Waals surface area (Å²) in [5, 5.41) is 8.21. The molecule has 2 rings (SSSR count). The molecule has 2 N–H and O–H groups in total. The van der Waals surface area contributed by atoms with Gasteiger partial charge < -0.3 is 4.90 Å². The molecule has 1 saturated heterocycles. The van der Waals surface area contributed by atoms with Gasteiger partial charge in [0.1, 0.15) is 18.8 Å². The first-order valence-corrected chi connectivity index (χ1v) is 4.28. The number of nitrogens with zero attached hydrogens (tertiary/aromatic N) is 2. The highest BCUT2D eigenvalue weighted by Gasteiger charge is 2.27. The highest BCUT2D eigenvalue weighted by atomic mass is 16.2. The lowest BCUT2D eigenvalue weighted by atomic mass is 10.3. The second kappa shape index (κ2) is 3.52. The second-order valence-corrected chi connectivity index (χ2v) is 3.10. The Kier molecular flexibility index (Phi) is 2.20. The number of aromatic nitrogens is 2. The lowest BCUT2D eigenvalue weighted by molar-refractivity contribution is -0.135. The Balaban J connectivity index is 2.14. The van der Waals surface area contributed by atoms with E-state index in [1.807, 2.05) is 0 Å². The highest BCUT2D eigenvalue weighted by molar-refractivity contribution is 6.05. The van der Waals surface area contributed by atoms with Crippen LogP contribution in [-0.2, 0) is 9.59 Å². The third-order valence-electron chi connectivity index (χ3n) is 1.97. The number of aromatic amines is 1. The molecule has 1 aromatic heterocycles. The predicted molar refractivity (Wildman–Crippen MR) is 47.6 cm³/mol. The molecule has 78 valence electrons. The SMILES string of the molecule is O=C1CN(C(=O)c2ccn[nH]2)CC(=O)N1. The molecular formula is C8H8N4O3. The van der Waals surface area contributed by atoms with Crippen LogP contribution in [0.15, 0.2) is 12.3 Å². The van der Waals surface area contributed by atoms with Gasteiger partial charge in [0.25, 0.3) is 5.91 Å². The molecule has 7 nitrogen and oxygen atoms in total. The molecule has 0 saturated carbocycles. The van der Waals surface area contributed by atoms with E-state index in [0.717, 1.165) is 4.90 Å². The predicted octanol–water partition coefficient (Wildman–Crippen LogP) is -1.49. The molecule has 0 aliphatic carbocycles. The quantitative estimate of drug-likeness (QED) is 0.549. The molecule has 0 atom stereocenters. The molecule has 0 radical (unpaired) electrons. The summed E-state index contributed by atoms with van der Waals surface area (Å²) in [6, 6.07) is 1.49. The monoisotopic (exact) mass is 208 g/mol. The van der Waals surface area contributed by atoms with Crippen LogP contribution in [0.2, 0.25) is 0 Å². The average Bonchev–Trinajstić information content (AvgIpc) is 2.67. The number of hydrogen-bond acceptors (Lipinski definition) is 4. The van der Waals surface area contributed by atoms with Crippen molar-refractivity contribution in [3.05, 3.63) is 18.0 Å². The summed E-state index contributed by atoms with van der Waals surface area (Å²) in [7, 11) is 0. The van der Waals surface area contributed by atoms with Crippen molar-refractivity contribution in [2.24, 2.45) is 0 Å². The van der Waals surface area contributed by atoms with Crippen LogP contribution in [0.25, 0.3) is 0 Å². The number of carbonyl (C=O) groups is 3. The zero-order valence-electron chi connectivity index (χ0n) is 7.69. The number of piperazine rings is 1. The highest BCUT2D eigenvalue weighted by Crippen LogP contribution is 2.02. The van der Waals surface area contributed by atoms with Crippen molar-refractivity contribution in [1.29, 1.82) is 0 Å². The largest absolute Gasteiger partial charge is 0.319 e. The van der Waals surface area contributed by atoms with Crippen molar-refractivity contribution in [2.45, 2.75) is 0 Å². The Morgan fingerprint density at radius 3 is 2.53 bits per heavy atom. The number of carbonyl (C=O) groups excluding carboxylic acids is 3. The van der Waals surface area contributed by atoms with Crippen molar-refractivity contribution in [1.82, 2.24) is 20.4 Å². The van der Waals surface area contributed by atoms with E-state index in [-0.39, 0.29) is 18.8 Å². The standard InChI is InChI=1S/C8H8N4O3/c13-6-3-12(4-7(14)10-6)8(15)5-1-2-9-11-5/h1-2H,3-4H2,(H,9,11)(H,10,13,14). The van der Waals surface area contributed by atoms with Crippen molar-refractivity contribution in [3.63, 3.8) is 0 Å². The minimum absolute atomic E-state index is 0.108. The molecule has 1 aliphatic heterocycles. The van der Waals surface area contributed by atoms with Crippen LogP contribution in [-0.4, -0.2) is 45.9 Å². The molecule has 2 heterocycles. The van der Waals surface area contributed by atoms with E-state index < -0.39 is 17.7 Å². The minimum Gasteiger partial charge on any atom is -0.319 e. The summed E-state index contributed by atoms with van der Waals surface area (Å²) in [6.45, 7) is -0.215. The van der Waals surface area contributed by atoms with Gasteiger partial charge in [-0.2, -0.15) is 5.10 Å². The van der Waals surface area contributed by atoms with E-state index in [9.17, 15) is 14.4 Å². The Morgan fingerprint density at radius 1 is 1.33 bits per heavy atom. The molecule has 0 bridgehead atoms. The van der Waals surface area contributed by atoms with E-state index >= 15 is 0 Å². The fraction of sp³-hybridized carbons (Fsp3) is 0.250. The molecular weight excluding hydrogens is 200 g/mol. The minimum atomic E-state index is -0.473. The van der Waals surface area contributed by atoms with E-state index in [0.29, 0.717) is 0 Å². The first kappa shape index (κ1) is 9.38. The molecule has 1 aromatic rings. The third-order valence-corrected chi connectivity index (χ3v) is 1.97. The maximum atomic E-state index is 11.7. The Morgan fingerprint density at radius 2 is 2.00 bits per heavy atom. The Bertz CT molecular complexity index is 396. The molecule has 0 aromatic carbocycles. The van der Waals surface area contributed by atoms with Gasteiger partial charge in [0, 0.05) is 6.20 Å². The first-order chi connectivity index (χ1) is 7.16. The molecule has 7 heteroatoms. The third kappa shape index (κ3) is 1.85. The molecule has 0 spiro atoms. The number of nitrogens with one attached hydrogen (secondary N) is 2. The van der Waals surface area contributed by atoms with Crippen LogP contribution in [0, 0.1) is 0 Å². The normalized spacial score (nSPS) is 16.4. The first-order valence-electron chi connectivity index (χ1n) is 4.28. The van der Waals surface area contributed by atoms with Crippen molar-refractivity contribution < 1.29 is 14.4 Å². The van der Waals surface area contributed by atoms with Crippen molar-refractivity contribution in [2.75, 3.05) is 13.1 Å². The number of H-pyrrole nitrogens is 1. The van der Waals surface area contributed by atoms with Gasteiger partial charge in [-0.3, -0.25) is 24.8 Å². The zero-order chi connectivity index (χ0) is 10.8. The van der Waals surface area contributed by atoms with Gasteiger partial charge in [-0.15, -0.1) is 0 Å². The van der Waals surface area contributed by atoms with Crippen LogP contribution >= 0.6 is 0 Å². The molecule has 1 aliphatic rings. The Hall–Kier alpha value is -2.18. The fourth-order valence-electron chi connectivity index (χ4n) is 1.33. The fourth-order valence-corrected chi connectivity index (χ4v) is 1.33. The van der Waals surface area contributed by atoms with Gasteiger partial charge in [0.2, 0.25) is 11.8 Å². The van der Waals surface area contributed by atoms with Gasteiger partial charge in [-0.05, 0) is 6.07 Å². The van der Waals surface area contributed by atoms with E-state index in [4.69, 9.17) is 0 Å². The van der Waals surface area contributed by atoms with E-state index in [1.54, 1.807) is 0 Å². The molecule has 15 heavy (non-hydrogen) atoms. The molecule has 1 fully saturated rings. The number of imide groups is 1. The van der Waals surface area contributed by atoms with Crippen molar-refractivity contribution in [3.8, 4) is 0 Å². The smallest absolute Gasteiger partial charge is 0.272 e. The Labute approximate surface area is 84.4 Å². The van der Waals surface area contributed by atoms with Gasteiger partial charge >= 0.3 is 0 Å². The number of rotatable bonds is 1. The maximum absolute atomic E-state index is 11.7. The summed E-state index contributed by atoms with van der Waals surface area (Å²) >= 11 is 0. The number of amides is 3. The van der Waals surface area contributed by atoms with Crippen molar-refractivity contribution >= 4 is 17.7 Å². The zero-order valence-corrected chi connectivity index (χ0v) is 7.69. The van der Waals surface area contributed by atoms with Crippen LogP contribution in [0.3, 0.4) is 0 Å². The summed E-state index contributed by atoms with van der Waals surface area (Å²) in [5.41, 5.74) is 0.262. The van der Waals surface area contributed by atoms with Crippen LogP contribution in [0.1, 0.15) is 10.5 Å². The van der Waals surface area contributed by atoms with Crippen LogP contribution in [0.4, 0.5) is 0 Å². The van der Waals surface area contributed by atoms with E-state index in [1.165, 1.54) is 12.3 Å². The lowest BCUT2D eigenvalue weighted by Gasteiger charge is -2.24. The second-order valence-electron chi connectivity index (χ2n) is 3.10. The van der Waals surface area contributed by atoms with Crippen LogP contribution in [0.5, 0.6) is 0 Å². The van der Waals surface area contributed by atoms with Gasteiger partial charge in [0.05, 0.1) is 0 Å². The van der Waals surface area contributed by atoms with Gasteiger partial charge in [-0.1, -0.05) is 0 Å². The van der Waals surface area contributed by atoms with Gasteiger partial charge in [-0.25, -0.2) is 0 Å². The van der Waals surface area contributed by atoms with E-state index in [2.05, 4.69) is 15.5 Å². The number of hydrogen-bond donors (Lipinski definition) is 2. The summed E-state index contributed by atoms with van der Waals surface area (Å²) < 4.78 is 0. The van der Waals surface area contributed by atoms with Gasteiger partial charge in [0.15, 0.2) is 0 Å². The topological polar surface area (TPSA) is 95.2 Å². The average molecular weight is 208 g/mol. The van der Waals surface area contributed by atoms with Crippen LogP contribution < -0.4 is 5.32 Å². The summed E-state index contributed by atoms with van der Waals surface area (Å²) in [4.78, 5) is 34.8. The lowest BCUT2D eigenvalue weighted by Crippen LogP contribution is -2.53. The molecule has 0 unspecified atom stereocenters.